The Hall–Kier alpha value is -2.86. The van der Waals surface area contributed by atoms with Crippen LogP contribution in [0.25, 0.3) is 11.0 Å². The van der Waals surface area contributed by atoms with Crippen LogP contribution in [-0.4, -0.2) is 42.8 Å². The first-order valence-electron chi connectivity index (χ1n) is 8.58. The second kappa shape index (κ2) is 8.49. The van der Waals surface area contributed by atoms with Gasteiger partial charge in [0.25, 0.3) is 5.91 Å². The van der Waals surface area contributed by atoms with Gasteiger partial charge in [-0.05, 0) is 30.3 Å². The highest BCUT2D eigenvalue weighted by molar-refractivity contribution is 5.94. The van der Waals surface area contributed by atoms with Gasteiger partial charge in [-0.2, -0.15) is 0 Å². The van der Waals surface area contributed by atoms with Crippen LogP contribution in [0.2, 0.25) is 0 Å². The van der Waals surface area contributed by atoms with Gasteiger partial charge in [0.2, 0.25) is 0 Å². The molecule has 0 aliphatic carbocycles. The van der Waals surface area contributed by atoms with Crippen LogP contribution in [0.3, 0.4) is 0 Å². The van der Waals surface area contributed by atoms with Crippen molar-refractivity contribution in [3.05, 3.63) is 59.9 Å². The van der Waals surface area contributed by atoms with E-state index in [1.54, 1.807) is 32.4 Å². The smallest absolute Gasteiger partial charge is 0.251 e. The predicted octanol–water partition coefficient (Wildman–Crippen LogP) is 2.66. The van der Waals surface area contributed by atoms with E-state index in [0.717, 1.165) is 23.4 Å². The molecule has 1 heterocycles. The summed E-state index contributed by atoms with van der Waals surface area (Å²) in [4.78, 5) is 17.0. The second-order valence-electron chi connectivity index (χ2n) is 5.90. The Morgan fingerprint density at radius 2 is 2.00 bits per heavy atom. The molecular weight excluding hydrogens is 330 g/mol. The van der Waals surface area contributed by atoms with Crippen LogP contribution in [0.15, 0.2) is 48.5 Å². The SMILES string of the molecule is COCCn1c(CCNC(=O)c2cccc(OC)c2)nc2ccccc21. The highest BCUT2D eigenvalue weighted by atomic mass is 16.5. The number of para-hydroxylation sites is 2. The average Bonchev–Trinajstić information content (AvgIpc) is 3.03. The van der Waals surface area contributed by atoms with Crippen molar-refractivity contribution in [2.45, 2.75) is 13.0 Å². The number of fused-ring (bicyclic) bond motifs is 1. The van der Waals surface area contributed by atoms with Crippen molar-refractivity contribution in [2.24, 2.45) is 0 Å². The summed E-state index contributed by atoms with van der Waals surface area (Å²) in [5.41, 5.74) is 2.62. The molecule has 0 aliphatic rings. The zero-order valence-electron chi connectivity index (χ0n) is 15.1. The second-order valence-corrected chi connectivity index (χ2v) is 5.90. The molecule has 3 rings (SSSR count). The summed E-state index contributed by atoms with van der Waals surface area (Å²) in [6, 6.07) is 15.1. The number of ether oxygens (including phenoxy) is 2. The van der Waals surface area contributed by atoms with Crippen molar-refractivity contribution < 1.29 is 14.3 Å². The molecule has 6 nitrogen and oxygen atoms in total. The number of carbonyl (C=O) groups is 1. The largest absolute Gasteiger partial charge is 0.497 e. The lowest BCUT2D eigenvalue weighted by Gasteiger charge is -2.10. The molecule has 1 N–H and O–H groups in total. The fraction of sp³-hybridized carbons (Fsp3) is 0.300. The van der Waals surface area contributed by atoms with Crippen molar-refractivity contribution in [3.63, 3.8) is 0 Å². The number of imidazole rings is 1. The van der Waals surface area contributed by atoms with Crippen LogP contribution in [-0.2, 0) is 17.7 Å². The Morgan fingerprint density at radius 1 is 1.15 bits per heavy atom. The number of nitrogens with zero attached hydrogens (tertiary/aromatic N) is 2. The third-order valence-electron chi connectivity index (χ3n) is 4.22. The van der Waals surface area contributed by atoms with Crippen molar-refractivity contribution in [1.82, 2.24) is 14.9 Å². The monoisotopic (exact) mass is 353 g/mol. The van der Waals surface area contributed by atoms with Gasteiger partial charge in [0.1, 0.15) is 11.6 Å². The van der Waals surface area contributed by atoms with E-state index in [1.165, 1.54) is 0 Å². The zero-order chi connectivity index (χ0) is 18.4. The molecule has 136 valence electrons. The third kappa shape index (κ3) is 4.03. The number of hydrogen-bond donors (Lipinski definition) is 1. The standard InChI is InChI=1S/C20H23N3O3/c1-25-13-12-23-18-9-4-3-8-17(18)22-19(23)10-11-21-20(24)15-6-5-7-16(14-15)26-2/h3-9,14H,10-13H2,1-2H3,(H,21,24). The number of benzene rings is 2. The maximum Gasteiger partial charge on any atom is 0.251 e. The molecule has 3 aromatic rings. The van der Waals surface area contributed by atoms with Gasteiger partial charge in [0.05, 0.1) is 24.8 Å². The molecule has 0 saturated heterocycles. The lowest BCUT2D eigenvalue weighted by atomic mass is 10.2. The number of amides is 1. The average molecular weight is 353 g/mol. The Balaban J connectivity index is 1.68. The Bertz CT molecular complexity index is 889. The molecule has 1 aromatic heterocycles. The molecule has 1 amide bonds. The molecule has 0 radical (unpaired) electrons. The first kappa shape index (κ1) is 17.9. The highest BCUT2D eigenvalue weighted by Gasteiger charge is 2.11. The van der Waals surface area contributed by atoms with E-state index in [0.29, 0.717) is 30.9 Å². The summed E-state index contributed by atoms with van der Waals surface area (Å²) < 4.78 is 12.5. The summed E-state index contributed by atoms with van der Waals surface area (Å²) >= 11 is 0. The van der Waals surface area contributed by atoms with Crippen LogP contribution in [0.1, 0.15) is 16.2 Å². The first-order valence-corrected chi connectivity index (χ1v) is 8.58. The Morgan fingerprint density at radius 3 is 2.81 bits per heavy atom. The van der Waals surface area contributed by atoms with E-state index in [2.05, 4.69) is 16.0 Å². The van der Waals surface area contributed by atoms with E-state index in [4.69, 9.17) is 14.5 Å². The van der Waals surface area contributed by atoms with Crippen LogP contribution in [0, 0.1) is 0 Å². The van der Waals surface area contributed by atoms with Gasteiger partial charge >= 0.3 is 0 Å². The van der Waals surface area contributed by atoms with E-state index in [-0.39, 0.29) is 5.91 Å². The van der Waals surface area contributed by atoms with Gasteiger partial charge in [-0.25, -0.2) is 4.98 Å². The topological polar surface area (TPSA) is 65.4 Å². The summed E-state index contributed by atoms with van der Waals surface area (Å²) in [6.45, 7) is 1.85. The molecule has 0 saturated carbocycles. The number of rotatable bonds is 8. The fourth-order valence-corrected chi connectivity index (χ4v) is 2.90. The van der Waals surface area contributed by atoms with Crippen LogP contribution < -0.4 is 10.1 Å². The van der Waals surface area contributed by atoms with Crippen molar-refractivity contribution in [1.29, 1.82) is 0 Å². The van der Waals surface area contributed by atoms with E-state index >= 15 is 0 Å². The van der Waals surface area contributed by atoms with Crippen molar-refractivity contribution >= 4 is 16.9 Å². The molecule has 0 unspecified atom stereocenters. The van der Waals surface area contributed by atoms with Gasteiger partial charge < -0.3 is 19.4 Å². The van der Waals surface area contributed by atoms with Crippen LogP contribution in [0.4, 0.5) is 0 Å². The number of methoxy groups -OCH3 is 2. The number of carbonyl (C=O) groups excluding carboxylic acids is 1. The molecule has 0 aliphatic heterocycles. The maximum absolute atomic E-state index is 12.3. The van der Waals surface area contributed by atoms with Crippen LogP contribution >= 0.6 is 0 Å². The molecule has 0 bridgehead atoms. The lowest BCUT2D eigenvalue weighted by molar-refractivity contribution is 0.0953. The lowest BCUT2D eigenvalue weighted by Crippen LogP contribution is -2.26. The van der Waals surface area contributed by atoms with Gasteiger partial charge in [0.15, 0.2) is 0 Å². The normalized spacial score (nSPS) is 10.8. The highest BCUT2D eigenvalue weighted by Crippen LogP contribution is 2.16. The van der Waals surface area contributed by atoms with E-state index in [1.807, 2.05) is 24.3 Å². The Kier molecular flexibility index (Phi) is 5.86. The minimum Gasteiger partial charge on any atom is -0.497 e. The summed E-state index contributed by atoms with van der Waals surface area (Å²) in [6.07, 6.45) is 0.647. The Labute approximate surface area is 152 Å². The van der Waals surface area contributed by atoms with Crippen LogP contribution in [0.5, 0.6) is 5.75 Å². The fourth-order valence-electron chi connectivity index (χ4n) is 2.90. The number of aromatic nitrogens is 2. The maximum atomic E-state index is 12.3. The zero-order valence-corrected chi connectivity index (χ0v) is 15.1. The molecule has 2 aromatic carbocycles. The van der Waals surface area contributed by atoms with Gasteiger partial charge in [0, 0.05) is 32.2 Å². The van der Waals surface area contributed by atoms with Gasteiger partial charge in [-0.3, -0.25) is 4.79 Å². The van der Waals surface area contributed by atoms with E-state index < -0.39 is 0 Å². The summed E-state index contributed by atoms with van der Waals surface area (Å²) in [7, 11) is 3.27. The number of hydrogen-bond acceptors (Lipinski definition) is 4. The predicted molar refractivity (Wildman–Crippen MR) is 101 cm³/mol. The number of nitrogens with one attached hydrogen (secondary N) is 1. The van der Waals surface area contributed by atoms with Crippen molar-refractivity contribution in [3.8, 4) is 5.75 Å². The van der Waals surface area contributed by atoms with Gasteiger partial charge in [-0.1, -0.05) is 18.2 Å². The van der Waals surface area contributed by atoms with Gasteiger partial charge in [-0.15, -0.1) is 0 Å². The summed E-state index contributed by atoms with van der Waals surface area (Å²) in [5.74, 6) is 1.48. The van der Waals surface area contributed by atoms with Crippen molar-refractivity contribution in [2.75, 3.05) is 27.4 Å². The quantitative estimate of drug-likeness (QED) is 0.676. The van der Waals surface area contributed by atoms with E-state index in [9.17, 15) is 4.79 Å². The minimum atomic E-state index is -0.122. The molecule has 0 spiro atoms. The molecule has 26 heavy (non-hydrogen) atoms. The summed E-state index contributed by atoms with van der Waals surface area (Å²) in [5, 5.41) is 2.95. The third-order valence-corrected chi connectivity index (χ3v) is 4.22. The molecule has 6 heteroatoms. The minimum absolute atomic E-state index is 0.122. The molecule has 0 fully saturated rings. The molecular formula is C20H23N3O3. The molecule has 0 atom stereocenters. The first-order chi connectivity index (χ1) is 12.7.